The number of nitrogens with one attached hydrogen (secondary N) is 1. The van der Waals surface area contributed by atoms with Crippen LogP contribution in [0.15, 0.2) is 33.2 Å². The third-order valence-electron chi connectivity index (χ3n) is 4.26. The third-order valence-corrected chi connectivity index (χ3v) is 5.86. The van der Waals surface area contributed by atoms with E-state index in [1.165, 1.54) is 23.5 Å². The van der Waals surface area contributed by atoms with Crippen LogP contribution in [0, 0.1) is 23.1 Å². The summed E-state index contributed by atoms with van der Waals surface area (Å²) in [5, 5.41) is 11.6. The second-order valence-electron chi connectivity index (χ2n) is 6.34. The van der Waals surface area contributed by atoms with E-state index in [1.807, 2.05) is 13.8 Å². The molecule has 4 nitrogen and oxygen atoms in total. The quantitative estimate of drug-likeness (QED) is 0.637. The molecule has 0 radical (unpaired) electrons. The lowest BCUT2D eigenvalue weighted by Crippen LogP contribution is -2.16. The van der Waals surface area contributed by atoms with Gasteiger partial charge in [-0.15, -0.1) is 10.2 Å². The van der Waals surface area contributed by atoms with Gasteiger partial charge in [0.25, 0.3) is 0 Å². The number of amides is 1. The number of halogens is 4. The van der Waals surface area contributed by atoms with Crippen molar-refractivity contribution >= 4 is 61.5 Å². The van der Waals surface area contributed by atoms with E-state index in [0.717, 1.165) is 0 Å². The Morgan fingerprint density at radius 1 is 1.36 bits per heavy atom. The predicted molar refractivity (Wildman–Crippen MR) is 102 cm³/mol. The summed E-state index contributed by atoms with van der Waals surface area (Å²) < 4.78 is 14.3. The zero-order chi connectivity index (χ0) is 18.4. The van der Waals surface area contributed by atoms with Crippen LogP contribution in [-0.2, 0) is 4.79 Å². The van der Waals surface area contributed by atoms with E-state index in [-0.39, 0.29) is 33.5 Å². The molecule has 1 N–H and O–H groups in total. The second-order valence-corrected chi connectivity index (χ2v) is 9.24. The third kappa shape index (κ3) is 4.05. The fourth-order valence-corrected chi connectivity index (χ4v) is 4.35. The van der Waals surface area contributed by atoms with E-state index < -0.39 is 0 Å². The van der Waals surface area contributed by atoms with Crippen LogP contribution < -0.4 is 5.32 Å². The lowest BCUT2D eigenvalue weighted by molar-refractivity contribution is -0.118. The van der Waals surface area contributed by atoms with Gasteiger partial charge in [0.05, 0.1) is 5.92 Å². The molecule has 9 heteroatoms. The highest BCUT2D eigenvalue weighted by molar-refractivity contribution is 9.10. The highest BCUT2D eigenvalue weighted by Gasteiger charge is 2.60. The summed E-state index contributed by atoms with van der Waals surface area (Å²) in [6, 6.07) is 4.46. The number of allylic oxidation sites excluding steroid dienone is 1. The highest BCUT2D eigenvalue weighted by atomic mass is 79.9. The van der Waals surface area contributed by atoms with Crippen LogP contribution >= 0.6 is 50.5 Å². The Bertz CT molecular complexity index is 847. The molecule has 1 saturated carbocycles. The monoisotopic (exact) mass is 463 g/mol. The Morgan fingerprint density at radius 3 is 2.72 bits per heavy atom. The first-order valence-corrected chi connectivity index (χ1v) is 9.68. The van der Waals surface area contributed by atoms with Crippen molar-refractivity contribution in [3.8, 4) is 10.6 Å². The summed E-state index contributed by atoms with van der Waals surface area (Å²) in [5.74, 6) is -0.804. The first kappa shape index (κ1) is 18.8. The van der Waals surface area contributed by atoms with Gasteiger partial charge in [-0.25, -0.2) is 4.39 Å². The maximum Gasteiger partial charge on any atom is 0.230 e. The zero-order valence-corrected chi connectivity index (χ0v) is 17.1. The van der Waals surface area contributed by atoms with Gasteiger partial charge in [-0.05, 0) is 35.6 Å². The van der Waals surface area contributed by atoms with E-state index in [1.54, 1.807) is 12.1 Å². The molecule has 1 aliphatic carbocycles. The molecule has 25 heavy (non-hydrogen) atoms. The molecule has 0 spiro atoms. The van der Waals surface area contributed by atoms with Crippen LogP contribution in [-0.4, -0.2) is 16.1 Å². The summed E-state index contributed by atoms with van der Waals surface area (Å²) in [6.07, 6.45) is 1.68. The molecule has 2 aromatic rings. The van der Waals surface area contributed by atoms with E-state index in [4.69, 9.17) is 23.2 Å². The number of rotatable bonds is 4. The van der Waals surface area contributed by atoms with Crippen LogP contribution in [0.4, 0.5) is 9.52 Å². The van der Waals surface area contributed by atoms with Gasteiger partial charge in [0.2, 0.25) is 11.0 Å². The van der Waals surface area contributed by atoms with Gasteiger partial charge in [0.15, 0.2) is 0 Å². The topological polar surface area (TPSA) is 54.9 Å². The van der Waals surface area contributed by atoms with Crippen LogP contribution in [0.2, 0.25) is 0 Å². The van der Waals surface area contributed by atoms with Crippen molar-refractivity contribution < 1.29 is 9.18 Å². The van der Waals surface area contributed by atoms with Gasteiger partial charge in [0.1, 0.15) is 15.3 Å². The molecule has 1 aromatic heterocycles. The van der Waals surface area contributed by atoms with Gasteiger partial charge in [-0.1, -0.05) is 64.3 Å². The van der Waals surface area contributed by atoms with E-state index >= 15 is 0 Å². The Hall–Kier alpha value is -1.02. The normalized spacial score (nSPS) is 20.9. The van der Waals surface area contributed by atoms with Gasteiger partial charge in [-0.2, -0.15) is 0 Å². The summed E-state index contributed by atoms with van der Waals surface area (Å²) in [5.41, 5.74) is 0.367. The van der Waals surface area contributed by atoms with E-state index in [9.17, 15) is 9.18 Å². The van der Waals surface area contributed by atoms with Crippen LogP contribution in [0.25, 0.3) is 10.6 Å². The maximum absolute atomic E-state index is 13.5. The van der Waals surface area contributed by atoms with Crippen molar-refractivity contribution in [2.45, 2.75) is 13.8 Å². The number of anilines is 1. The van der Waals surface area contributed by atoms with Crippen molar-refractivity contribution in [2.24, 2.45) is 17.3 Å². The molecule has 1 aromatic carbocycles. The van der Waals surface area contributed by atoms with Gasteiger partial charge in [-0.3, -0.25) is 4.79 Å². The fraction of sp³-hybridized carbons (Fsp3) is 0.312. The summed E-state index contributed by atoms with van der Waals surface area (Å²) in [7, 11) is 0. The smallest absolute Gasteiger partial charge is 0.230 e. The first-order chi connectivity index (χ1) is 11.7. The average molecular weight is 465 g/mol. The Labute approximate surface area is 166 Å². The standard InChI is InChI=1S/C16H13BrCl2FN3OS/c1-16(2)10(6-11(18)19)12(16)13(24)21-15-23-22-14(25-15)7-3-8(17)5-9(20)4-7/h3-6,10,12H,1-2H3,(H,21,23,24). The van der Waals surface area contributed by atoms with E-state index in [0.29, 0.717) is 20.2 Å². The summed E-state index contributed by atoms with van der Waals surface area (Å²) >= 11 is 15.8. The lowest BCUT2D eigenvalue weighted by atomic mass is 10.1. The molecule has 1 fully saturated rings. The van der Waals surface area contributed by atoms with Crippen LogP contribution in [0.1, 0.15) is 13.8 Å². The Morgan fingerprint density at radius 2 is 2.08 bits per heavy atom. The number of hydrogen-bond acceptors (Lipinski definition) is 4. The maximum atomic E-state index is 13.5. The lowest BCUT2D eigenvalue weighted by Gasteiger charge is -2.02. The molecule has 3 rings (SSSR count). The predicted octanol–water partition coefficient (Wildman–Crippen LogP) is 5.64. The number of nitrogens with zero attached hydrogens (tertiary/aromatic N) is 2. The van der Waals surface area contributed by atoms with Crippen molar-refractivity contribution in [3.05, 3.63) is 39.1 Å². The van der Waals surface area contributed by atoms with Crippen molar-refractivity contribution in [3.63, 3.8) is 0 Å². The van der Waals surface area contributed by atoms with Gasteiger partial charge >= 0.3 is 0 Å². The van der Waals surface area contributed by atoms with Crippen LogP contribution in [0.5, 0.6) is 0 Å². The average Bonchev–Trinajstić information content (AvgIpc) is 2.82. The number of carbonyl (C=O) groups excluding carboxylic acids is 1. The molecule has 0 saturated heterocycles. The number of benzene rings is 1. The van der Waals surface area contributed by atoms with Crippen LogP contribution in [0.3, 0.4) is 0 Å². The fourth-order valence-electron chi connectivity index (χ4n) is 2.88. The van der Waals surface area contributed by atoms with Crippen molar-refractivity contribution in [1.82, 2.24) is 10.2 Å². The SMILES string of the molecule is CC1(C)C(C=C(Cl)Cl)C1C(=O)Nc1nnc(-c2cc(F)cc(Br)c2)s1. The van der Waals surface area contributed by atoms with Crippen molar-refractivity contribution in [2.75, 3.05) is 5.32 Å². The molecule has 0 aliphatic heterocycles. The minimum atomic E-state index is -0.377. The molecule has 132 valence electrons. The summed E-state index contributed by atoms with van der Waals surface area (Å²) in [4.78, 5) is 12.5. The molecule has 1 amide bonds. The minimum Gasteiger partial charge on any atom is -0.300 e. The van der Waals surface area contributed by atoms with Gasteiger partial charge < -0.3 is 5.32 Å². The first-order valence-electron chi connectivity index (χ1n) is 7.32. The summed E-state index contributed by atoms with van der Waals surface area (Å²) in [6.45, 7) is 3.95. The molecular weight excluding hydrogens is 452 g/mol. The Balaban J connectivity index is 1.74. The molecule has 0 bridgehead atoms. The molecular formula is C16H13BrCl2FN3OS. The van der Waals surface area contributed by atoms with Gasteiger partial charge in [0, 0.05) is 10.0 Å². The Kier molecular flexibility index (Phi) is 5.21. The minimum absolute atomic E-state index is 0.0240. The number of carbonyl (C=O) groups is 1. The second kappa shape index (κ2) is 6.95. The number of hydrogen-bond donors (Lipinski definition) is 1. The molecule has 2 unspecified atom stereocenters. The van der Waals surface area contributed by atoms with E-state index in [2.05, 4.69) is 31.4 Å². The largest absolute Gasteiger partial charge is 0.300 e. The molecule has 1 aliphatic rings. The highest BCUT2D eigenvalue weighted by Crippen LogP contribution is 2.60. The zero-order valence-electron chi connectivity index (χ0n) is 13.2. The molecule has 2 atom stereocenters. The van der Waals surface area contributed by atoms with Crippen molar-refractivity contribution in [1.29, 1.82) is 0 Å². The molecule has 1 heterocycles. The number of aromatic nitrogens is 2.